The molecule has 0 aliphatic heterocycles. The van der Waals surface area contributed by atoms with Crippen LogP contribution in [0.4, 0.5) is 11.4 Å². The van der Waals surface area contributed by atoms with Gasteiger partial charge in [-0.3, -0.25) is 4.98 Å². The minimum atomic E-state index is -0.306. The summed E-state index contributed by atoms with van der Waals surface area (Å²) in [6.07, 6.45) is 4.14. The van der Waals surface area contributed by atoms with Crippen molar-refractivity contribution in [1.29, 1.82) is 10.8 Å². The molecule has 7 heteroatoms. The summed E-state index contributed by atoms with van der Waals surface area (Å²) >= 11 is 0. The van der Waals surface area contributed by atoms with E-state index in [9.17, 15) is 5.11 Å². The summed E-state index contributed by atoms with van der Waals surface area (Å²) in [5.41, 5.74) is 17.5. The van der Waals surface area contributed by atoms with Crippen LogP contribution < -0.4 is 16.8 Å². The van der Waals surface area contributed by atoms with Crippen LogP contribution in [0.1, 0.15) is 29.8 Å². The van der Waals surface area contributed by atoms with Gasteiger partial charge in [0, 0.05) is 40.5 Å². The second-order valence-electron chi connectivity index (χ2n) is 7.10. The highest BCUT2D eigenvalue weighted by molar-refractivity contribution is 6.10. The van der Waals surface area contributed by atoms with Crippen molar-refractivity contribution in [3.63, 3.8) is 0 Å². The van der Waals surface area contributed by atoms with E-state index in [-0.39, 0.29) is 12.6 Å². The van der Waals surface area contributed by atoms with Crippen LogP contribution in [-0.4, -0.2) is 28.6 Å². The average Bonchev–Trinajstić information content (AvgIpc) is 2.79. The first-order valence-electron chi connectivity index (χ1n) is 9.79. The van der Waals surface area contributed by atoms with E-state index in [0.717, 1.165) is 22.9 Å². The van der Waals surface area contributed by atoms with E-state index in [1.54, 1.807) is 19.2 Å². The molecule has 7 nitrogen and oxygen atoms in total. The highest BCUT2D eigenvalue weighted by Crippen LogP contribution is 2.32. The van der Waals surface area contributed by atoms with Crippen molar-refractivity contribution in [1.82, 2.24) is 4.98 Å². The quantitative estimate of drug-likeness (QED) is 0.245. The zero-order valence-electron chi connectivity index (χ0n) is 17.3. The van der Waals surface area contributed by atoms with Gasteiger partial charge in [-0.2, -0.15) is 0 Å². The van der Waals surface area contributed by atoms with Crippen LogP contribution in [0, 0.1) is 10.8 Å². The van der Waals surface area contributed by atoms with E-state index in [0.29, 0.717) is 33.9 Å². The number of aromatic nitrogens is 1. The molecular weight excluding hydrogens is 388 g/mol. The number of nitrogen functional groups attached to an aromatic ring is 1. The van der Waals surface area contributed by atoms with Gasteiger partial charge in [0.2, 0.25) is 0 Å². The fraction of sp³-hybridized carbons (Fsp3) is 0.125. The van der Waals surface area contributed by atoms with E-state index in [2.05, 4.69) is 10.3 Å². The standard InChI is InChI=1S/C24H26N6O/c1-15(27)20-9-17(7-8-22(20)28)21-10-19(13-29-24(21)18(11-25)12-26)30-23(14-31)16-5-3-2-4-6-16/h2-13,23,25,27,30-31H,14,26,28H2,1H3/b18-12+,25-11?,27-15?. The number of allylic oxidation sites excluding steroid dienone is 1. The van der Waals surface area contributed by atoms with Gasteiger partial charge in [0.1, 0.15) is 0 Å². The number of aliphatic hydroxyl groups is 1. The Morgan fingerprint density at radius 2 is 1.94 bits per heavy atom. The summed E-state index contributed by atoms with van der Waals surface area (Å²) in [5.74, 6) is 0. The number of hydrogen-bond donors (Lipinski definition) is 6. The molecule has 3 rings (SSSR count). The van der Waals surface area contributed by atoms with E-state index < -0.39 is 0 Å². The van der Waals surface area contributed by atoms with E-state index in [4.69, 9.17) is 22.3 Å². The molecule has 0 bridgehead atoms. The minimum Gasteiger partial charge on any atom is -0.404 e. The van der Waals surface area contributed by atoms with Crippen molar-refractivity contribution >= 4 is 28.9 Å². The first-order valence-corrected chi connectivity index (χ1v) is 9.79. The van der Waals surface area contributed by atoms with Gasteiger partial charge in [0.05, 0.1) is 30.2 Å². The number of hydrogen-bond acceptors (Lipinski definition) is 7. The van der Waals surface area contributed by atoms with Crippen LogP contribution in [0.5, 0.6) is 0 Å². The summed E-state index contributed by atoms with van der Waals surface area (Å²) in [5, 5.41) is 28.9. The first-order chi connectivity index (χ1) is 15.0. The topological polar surface area (TPSA) is 145 Å². The van der Waals surface area contributed by atoms with E-state index >= 15 is 0 Å². The highest BCUT2D eigenvalue weighted by Gasteiger charge is 2.16. The van der Waals surface area contributed by atoms with E-state index in [1.165, 1.54) is 6.20 Å². The number of pyridine rings is 1. The summed E-state index contributed by atoms with van der Waals surface area (Å²) in [4.78, 5) is 4.55. The van der Waals surface area contributed by atoms with Crippen molar-refractivity contribution in [2.24, 2.45) is 5.73 Å². The van der Waals surface area contributed by atoms with Crippen LogP contribution in [0.25, 0.3) is 16.7 Å². The number of aliphatic hydroxyl groups excluding tert-OH is 1. The monoisotopic (exact) mass is 414 g/mol. The molecule has 1 heterocycles. The van der Waals surface area contributed by atoms with Crippen LogP contribution in [0.2, 0.25) is 0 Å². The third-order valence-electron chi connectivity index (χ3n) is 4.99. The predicted octanol–water partition coefficient (Wildman–Crippen LogP) is 3.81. The maximum atomic E-state index is 9.90. The molecule has 0 aliphatic carbocycles. The molecule has 0 amide bonds. The summed E-state index contributed by atoms with van der Waals surface area (Å²) in [7, 11) is 0. The molecule has 0 saturated carbocycles. The first kappa shape index (κ1) is 21.7. The van der Waals surface area contributed by atoms with Crippen molar-refractivity contribution in [2.75, 3.05) is 17.7 Å². The van der Waals surface area contributed by atoms with E-state index in [1.807, 2.05) is 48.5 Å². The Hall–Kier alpha value is -3.97. The fourth-order valence-corrected chi connectivity index (χ4v) is 3.36. The molecule has 1 aromatic heterocycles. The number of benzene rings is 2. The zero-order chi connectivity index (χ0) is 22.4. The van der Waals surface area contributed by atoms with Crippen molar-refractivity contribution in [2.45, 2.75) is 13.0 Å². The molecule has 3 aromatic rings. The maximum absolute atomic E-state index is 9.90. The smallest absolute Gasteiger partial charge is 0.0811 e. The molecule has 8 N–H and O–H groups in total. The number of rotatable bonds is 8. The Labute approximate surface area is 181 Å². The van der Waals surface area contributed by atoms with Crippen molar-refractivity contribution < 1.29 is 5.11 Å². The number of anilines is 2. The second kappa shape index (κ2) is 9.69. The van der Waals surface area contributed by atoms with Gasteiger partial charge < -0.3 is 32.7 Å². The molecule has 2 aromatic carbocycles. The molecule has 31 heavy (non-hydrogen) atoms. The predicted molar refractivity (Wildman–Crippen MR) is 127 cm³/mol. The Kier molecular flexibility index (Phi) is 6.79. The highest BCUT2D eigenvalue weighted by atomic mass is 16.3. The summed E-state index contributed by atoms with van der Waals surface area (Å²) < 4.78 is 0. The van der Waals surface area contributed by atoms with Gasteiger partial charge in [-0.15, -0.1) is 0 Å². The lowest BCUT2D eigenvalue weighted by Crippen LogP contribution is -2.15. The van der Waals surface area contributed by atoms with Gasteiger partial charge in [0.15, 0.2) is 0 Å². The molecule has 0 spiro atoms. The fourth-order valence-electron chi connectivity index (χ4n) is 3.36. The average molecular weight is 415 g/mol. The Balaban J connectivity index is 2.10. The van der Waals surface area contributed by atoms with Crippen molar-refractivity contribution in [3.05, 3.63) is 83.8 Å². The van der Waals surface area contributed by atoms with Gasteiger partial charge in [-0.25, -0.2) is 0 Å². The van der Waals surface area contributed by atoms with Crippen LogP contribution in [-0.2, 0) is 0 Å². The molecule has 0 radical (unpaired) electrons. The summed E-state index contributed by atoms with van der Waals surface area (Å²) in [6.45, 7) is 1.59. The molecule has 0 saturated heterocycles. The van der Waals surface area contributed by atoms with Crippen LogP contribution >= 0.6 is 0 Å². The molecule has 158 valence electrons. The van der Waals surface area contributed by atoms with Crippen LogP contribution in [0.15, 0.2) is 67.0 Å². The number of nitrogens with one attached hydrogen (secondary N) is 3. The second-order valence-corrected chi connectivity index (χ2v) is 7.10. The SMILES string of the molecule is CC(=N)c1cc(-c2cc(NC(CO)c3ccccc3)cnc2/C(C=N)=C/N)ccc1N. The Bertz CT molecular complexity index is 1120. The van der Waals surface area contributed by atoms with Gasteiger partial charge in [-0.1, -0.05) is 36.4 Å². The lowest BCUT2D eigenvalue weighted by molar-refractivity contribution is 0.276. The molecule has 0 fully saturated rings. The summed E-state index contributed by atoms with van der Waals surface area (Å²) in [6, 6.07) is 16.7. The maximum Gasteiger partial charge on any atom is 0.0811 e. The minimum absolute atomic E-state index is 0.0887. The Morgan fingerprint density at radius 3 is 2.55 bits per heavy atom. The number of nitrogens with zero attached hydrogens (tertiary/aromatic N) is 1. The normalized spacial score (nSPS) is 12.3. The third kappa shape index (κ3) is 4.79. The molecule has 1 atom stereocenters. The van der Waals surface area contributed by atoms with Gasteiger partial charge >= 0.3 is 0 Å². The molecule has 0 aliphatic rings. The molecule has 1 unspecified atom stereocenters. The van der Waals surface area contributed by atoms with Gasteiger partial charge in [-0.05, 0) is 36.2 Å². The van der Waals surface area contributed by atoms with Crippen molar-refractivity contribution in [3.8, 4) is 11.1 Å². The van der Waals surface area contributed by atoms with Crippen LogP contribution in [0.3, 0.4) is 0 Å². The third-order valence-corrected chi connectivity index (χ3v) is 4.99. The van der Waals surface area contributed by atoms with Gasteiger partial charge in [0.25, 0.3) is 0 Å². The molecular formula is C24H26N6O. The Morgan fingerprint density at radius 1 is 1.19 bits per heavy atom. The zero-order valence-corrected chi connectivity index (χ0v) is 17.3. The number of nitrogens with two attached hydrogens (primary N) is 2. The lowest BCUT2D eigenvalue weighted by atomic mass is 9.96. The lowest BCUT2D eigenvalue weighted by Gasteiger charge is -2.20. The largest absolute Gasteiger partial charge is 0.404 e.